The van der Waals surface area contributed by atoms with Crippen LogP contribution in [0.25, 0.3) is 0 Å². The summed E-state index contributed by atoms with van der Waals surface area (Å²) in [6, 6.07) is 0. The minimum absolute atomic E-state index is 0.144. The third-order valence-electron chi connectivity index (χ3n) is 4.28. The first-order valence-electron chi connectivity index (χ1n) is 5.65. The highest BCUT2D eigenvalue weighted by molar-refractivity contribution is 5.91. The number of allylic oxidation sites excluding steroid dienone is 2. The van der Waals surface area contributed by atoms with Gasteiger partial charge in [-0.1, -0.05) is 13.0 Å². The van der Waals surface area contributed by atoms with Crippen LogP contribution < -0.4 is 0 Å². The molecule has 0 aromatic rings. The second-order valence-electron chi connectivity index (χ2n) is 5.01. The molecule has 2 aliphatic carbocycles. The van der Waals surface area contributed by atoms with Crippen molar-refractivity contribution in [3.63, 3.8) is 0 Å². The minimum atomic E-state index is -0.474. The number of carbonyl (C=O) groups is 1. The Morgan fingerprint density at radius 1 is 1.40 bits per heavy atom. The summed E-state index contributed by atoms with van der Waals surface area (Å²) in [6.45, 7) is 3.47. The average molecular weight is 208 g/mol. The van der Waals surface area contributed by atoms with E-state index in [1.54, 1.807) is 6.08 Å². The predicted molar refractivity (Wildman–Crippen MR) is 54.2 cm³/mol. The maximum absolute atomic E-state index is 11.6. The van der Waals surface area contributed by atoms with Gasteiger partial charge in [-0.2, -0.15) is 0 Å². The van der Waals surface area contributed by atoms with Gasteiger partial charge in [0.05, 0.1) is 13.2 Å². The Kier molecular flexibility index (Phi) is 1.86. The van der Waals surface area contributed by atoms with Gasteiger partial charge in [0.15, 0.2) is 11.6 Å². The molecule has 1 saturated carbocycles. The Morgan fingerprint density at radius 3 is 2.87 bits per heavy atom. The Bertz CT molecular complexity index is 328. The van der Waals surface area contributed by atoms with E-state index in [-0.39, 0.29) is 11.2 Å². The monoisotopic (exact) mass is 208 g/mol. The van der Waals surface area contributed by atoms with Crippen molar-refractivity contribution in [2.75, 3.05) is 13.2 Å². The Balaban J connectivity index is 2.01. The smallest absolute Gasteiger partial charge is 0.174 e. The molecule has 0 radical (unpaired) electrons. The first-order chi connectivity index (χ1) is 7.16. The van der Waals surface area contributed by atoms with Crippen molar-refractivity contribution in [3.05, 3.63) is 12.2 Å². The van der Waals surface area contributed by atoms with Crippen LogP contribution in [0.3, 0.4) is 0 Å². The summed E-state index contributed by atoms with van der Waals surface area (Å²) in [7, 11) is 0. The summed E-state index contributed by atoms with van der Waals surface area (Å²) in [6.07, 6.45) is 6.33. The first-order valence-corrected chi connectivity index (χ1v) is 5.65. The van der Waals surface area contributed by atoms with Gasteiger partial charge >= 0.3 is 0 Å². The van der Waals surface area contributed by atoms with E-state index in [2.05, 4.69) is 6.92 Å². The molecule has 2 atom stereocenters. The fourth-order valence-electron chi connectivity index (χ4n) is 3.38. The molecule has 1 saturated heterocycles. The summed E-state index contributed by atoms with van der Waals surface area (Å²) in [5, 5.41) is 0. The summed E-state index contributed by atoms with van der Waals surface area (Å²) in [5.41, 5.74) is -0.144. The largest absolute Gasteiger partial charge is 0.347 e. The maximum Gasteiger partial charge on any atom is 0.174 e. The molecular weight excluding hydrogens is 192 g/mol. The summed E-state index contributed by atoms with van der Waals surface area (Å²) >= 11 is 0. The fourth-order valence-corrected chi connectivity index (χ4v) is 3.38. The number of hydrogen-bond donors (Lipinski definition) is 0. The molecule has 0 amide bonds. The van der Waals surface area contributed by atoms with Crippen LogP contribution in [-0.2, 0) is 14.3 Å². The lowest BCUT2D eigenvalue weighted by atomic mass is 9.69. The van der Waals surface area contributed by atoms with Crippen LogP contribution in [0, 0.1) is 11.3 Å². The molecule has 15 heavy (non-hydrogen) atoms. The van der Waals surface area contributed by atoms with Gasteiger partial charge in [-0.15, -0.1) is 0 Å². The van der Waals surface area contributed by atoms with Crippen LogP contribution in [0.4, 0.5) is 0 Å². The maximum atomic E-state index is 11.6. The first kappa shape index (κ1) is 9.55. The Hall–Kier alpha value is -0.670. The van der Waals surface area contributed by atoms with Gasteiger partial charge in [0.1, 0.15) is 0 Å². The van der Waals surface area contributed by atoms with E-state index < -0.39 is 5.79 Å². The second kappa shape index (κ2) is 2.92. The van der Waals surface area contributed by atoms with E-state index in [1.165, 1.54) is 0 Å². The van der Waals surface area contributed by atoms with Gasteiger partial charge in [-0.25, -0.2) is 0 Å². The Labute approximate surface area is 89.4 Å². The highest BCUT2D eigenvalue weighted by Gasteiger charge is 2.61. The van der Waals surface area contributed by atoms with Crippen LogP contribution in [0.2, 0.25) is 0 Å². The van der Waals surface area contributed by atoms with E-state index in [4.69, 9.17) is 9.47 Å². The molecule has 0 unspecified atom stereocenters. The summed E-state index contributed by atoms with van der Waals surface area (Å²) in [5.74, 6) is 0.167. The molecule has 1 spiro atoms. The van der Waals surface area contributed by atoms with Crippen molar-refractivity contribution in [1.29, 1.82) is 0 Å². The number of hydrogen-bond acceptors (Lipinski definition) is 3. The van der Waals surface area contributed by atoms with E-state index >= 15 is 0 Å². The van der Waals surface area contributed by atoms with E-state index in [0.29, 0.717) is 25.6 Å². The lowest BCUT2D eigenvalue weighted by Crippen LogP contribution is -2.48. The molecule has 3 rings (SSSR count). The highest BCUT2D eigenvalue weighted by atomic mass is 16.7. The number of fused-ring (bicyclic) bond motifs is 2. The minimum Gasteiger partial charge on any atom is -0.347 e. The van der Waals surface area contributed by atoms with Crippen LogP contribution in [0.5, 0.6) is 0 Å². The number of rotatable bonds is 0. The van der Waals surface area contributed by atoms with Gasteiger partial charge < -0.3 is 9.47 Å². The summed E-state index contributed by atoms with van der Waals surface area (Å²) < 4.78 is 11.6. The van der Waals surface area contributed by atoms with Crippen LogP contribution in [-0.4, -0.2) is 24.8 Å². The molecule has 1 aliphatic heterocycles. The number of ketones is 1. The normalized spacial score (nSPS) is 42.5. The van der Waals surface area contributed by atoms with Crippen LogP contribution >= 0.6 is 0 Å². The molecule has 0 aromatic heterocycles. The molecule has 2 fully saturated rings. The fraction of sp³-hybridized carbons (Fsp3) is 0.750. The quantitative estimate of drug-likeness (QED) is 0.607. The summed E-state index contributed by atoms with van der Waals surface area (Å²) in [4.78, 5) is 11.6. The molecule has 0 aromatic carbocycles. The van der Waals surface area contributed by atoms with Crippen molar-refractivity contribution < 1.29 is 14.3 Å². The average Bonchev–Trinajstić information content (AvgIpc) is 2.75. The topological polar surface area (TPSA) is 35.5 Å². The lowest BCUT2D eigenvalue weighted by molar-refractivity contribution is -0.223. The molecule has 0 N–H and O–H groups in total. The second-order valence-corrected chi connectivity index (χ2v) is 5.01. The number of carbonyl (C=O) groups excluding carboxylic acids is 1. The predicted octanol–water partition coefficient (Wildman–Crippen LogP) is 1.67. The number of ether oxygens (including phenoxy) is 2. The van der Waals surface area contributed by atoms with Crippen molar-refractivity contribution >= 4 is 5.78 Å². The third kappa shape index (κ3) is 1.11. The molecule has 0 bridgehead atoms. The van der Waals surface area contributed by atoms with E-state index in [1.807, 2.05) is 6.08 Å². The zero-order chi connectivity index (χ0) is 10.5. The molecule has 3 aliphatic rings. The molecule has 3 nitrogen and oxygen atoms in total. The SMILES string of the molecule is C[C@@]12CC(=O)C=C[C@@H]1CCC21OCCO1. The highest BCUT2D eigenvalue weighted by Crippen LogP contribution is 2.58. The van der Waals surface area contributed by atoms with Gasteiger partial charge in [0.2, 0.25) is 0 Å². The molecule has 1 heterocycles. The van der Waals surface area contributed by atoms with E-state index in [9.17, 15) is 4.79 Å². The van der Waals surface area contributed by atoms with Gasteiger partial charge in [-0.3, -0.25) is 4.79 Å². The molecule has 82 valence electrons. The van der Waals surface area contributed by atoms with Crippen molar-refractivity contribution in [3.8, 4) is 0 Å². The van der Waals surface area contributed by atoms with Crippen molar-refractivity contribution in [1.82, 2.24) is 0 Å². The third-order valence-corrected chi connectivity index (χ3v) is 4.28. The van der Waals surface area contributed by atoms with Gasteiger partial charge in [0.25, 0.3) is 0 Å². The Morgan fingerprint density at radius 2 is 2.13 bits per heavy atom. The lowest BCUT2D eigenvalue weighted by Gasteiger charge is -2.42. The zero-order valence-electron chi connectivity index (χ0n) is 8.99. The molecule has 3 heteroatoms. The van der Waals surface area contributed by atoms with Crippen LogP contribution in [0.15, 0.2) is 12.2 Å². The zero-order valence-corrected chi connectivity index (χ0v) is 8.99. The standard InChI is InChI=1S/C12H16O3/c1-11-8-10(13)3-2-9(11)4-5-12(11)14-6-7-15-12/h2-3,9H,4-8H2,1H3/t9-,11-/m1/s1. The molecular formula is C12H16O3. The van der Waals surface area contributed by atoms with Crippen LogP contribution in [0.1, 0.15) is 26.2 Å². The van der Waals surface area contributed by atoms with Crippen molar-refractivity contribution in [2.45, 2.75) is 32.0 Å². The van der Waals surface area contributed by atoms with Gasteiger partial charge in [-0.05, 0) is 18.4 Å². The van der Waals surface area contributed by atoms with Crippen molar-refractivity contribution in [2.24, 2.45) is 11.3 Å². The van der Waals surface area contributed by atoms with E-state index in [0.717, 1.165) is 12.8 Å². The van der Waals surface area contributed by atoms with Gasteiger partial charge in [0, 0.05) is 18.3 Å².